The second-order valence-electron chi connectivity index (χ2n) is 3.77. The van der Waals surface area contributed by atoms with Gasteiger partial charge in [0.2, 0.25) is 0 Å². The SMILES string of the molecule is CCCc1nnsc1C(=O)NCC(C)CCl. The van der Waals surface area contributed by atoms with Crippen molar-refractivity contribution in [3.63, 3.8) is 0 Å². The summed E-state index contributed by atoms with van der Waals surface area (Å²) in [5.74, 6) is 0.736. The zero-order valence-corrected chi connectivity index (χ0v) is 11.1. The Balaban J connectivity index is 2.55. The van der Waals surface area contributed by atoms with Gasteiger partial charge in [0.05, 0.1) is 5.69 Å². The minimum absolute atomic E-state index is 0.0876. The third-order valence-electron chi connectivity index (χ3n) is 2.12. The predicted molar refractivity (Wildman–Crippen MR) is 66.1 cm³/mol. The number of carbonyl (C=O) groups excluding carboxylic acids is 1. The lowest BCUT2D eigenvalue weighted by atomic mass is 10.2. The minimum atomic E-state index is -0.0876. The summed E-state index contributed by atoms with van der Waals surface area (Å²) in [6.07, 6.45) is 1.76. The van der Waals surface area contributed by atoms with Crippen molar-refractivity contribution in [3.8, 4) is 0 Å². The molecule has 1 unspecified atom stereocenters. The van der Waals surface area contributed by atoms with Gasteiger partial charge in [0.15, 0.2) is 0 Å². The van der Waals surface area contributed by atoms with Gasteiger partial charge in [-0.3, -0.25) is 4.79 Å². The summed E-state index contributed by atoms with van der Waals surface area (Å²) in [4.78, 5) is 12.4. The maximum absolute atomic E-state index is 11.8. The van der Waals surface area contributed by atoms with E-state index in [-0.39, 0.29) is 11.8 Å². The molecule has 90 valence electrons. The number of aryl methyl sites for hydroxylation is 1. The van der Waals surface area contributed by atoms with E-state index >= 15 is 0 Å². The van der Waals surface area contributed by atoms with E-state index in [4.69, 9.17) is 11.6 Å². The molecule has 0 saturated heterocycles. The fourth-order valence-electron chi connectivity index (χ4n) is 1.18. The van der Waals surface area contributed by atoms with E-state index in [0.29, 0.717) is 17.3 Å². The fourth-order valence-corrected chi connectivity index (χ4v) is 1.92. The Hall–Kier alpha value is -0.680. The molecule has 0 aromatic carbocycles. The molecular formula is C10H16ClN3OS. The highest BCUT2D eigenvalue weighted by Gasteiger charge is 2.15. The highest BCUT2D eigenvalue weighted by atomic mass is 35.5. The van der Waals surface area contributed by atoms with Crippen molar-refractivity contribution in [3.05, 3.63) is 10.6 Å². The molecule has 1 rings (SSSR count). The van der Waals surface area contributed by atoms with Gasteiger partial charge in [-0.15, -0.1) is 16.7 Å². The first-order chi connectivity index (χ1) is 7.69. The maximum atomic E-state index is 11.8. The molecule has 0 spiro atoms. The summed E-state index contributed by atoms with van der Waals surface area (Å²) >= 11 is 6.82. The van der Waals surface area contributed by atoms with Gasteiger partial charge in [0, 0.05) is 12.4 Å². The highest BCUT2D eigenvalue weighted by molar-refractivity contribution is 7.08. The van der Waals surface area contributed by atoms with Crippen LogP contribution in [0.15, 0.2) is 0 Å². The summed E-state index contributed by atoms with van der Waals surface area (Å²) < 4.78 is 3.81. The van der Waals surface area contributed by atoms with Crippen molar-refractivity contribution < 1.29 is 4.79 Å². The van der Waals surface area contributed by atoms with Crippen LogP contribution in [0.4, 0.5) is 0 Å². The molecule has 1 aromatic heterocycles. The second kappa shape index (κ2) is 6.81. The quantitative estimate of drug-likeness (QED) is 0.798. The van der Waals surface area contributed by atoms with Crippen molar-refractivity contribution >= 4 is 29.0 Å². The van der Waals surface area contributed by atoms with Gasteiger partial charge in [-0.05, 0) is 23.9 Å². The smallest absolute Gasteiger partial charge is 0.264 e. The van der Waals surface area contributed by atoms with Gasteiger partial charge in [-0.25, -0.2) is 0 Å². The highest BCUT2D eigenvalue weighted by Crippen LogP contribution is 2.12. The molecular weight excluding hydrogens is 246 g/mol. The maximum Gasteiger partial charge on any atom is 0.264 e. The first-order valence-corrected chi connectivity index (χ1v) is 6.65. The van der Waals surface area contributed by atoms with Crippen LogP contribution in [-0.2, 0) is 6.42 Å². The molecule has 16 heavy (non-hydrogen) atoms. The van der Waals surface area contributed by atoms with Crippen LogP contribution in [0.5, 0.6) is 0 Å². The molecule has 1 amide bonds. The van der Waals surface area contributed by atoms with Gasteiger partial charge in [0.1, 0.15) is 4.88 Å². The number of nitrogens with zero attached hydrogens (tertiary/aromatic N) is 2. The lowest BCUT2D eigenvalue weighted by Crippen LogP contribution is -2.28. The average molecular weight is 262 g/mol. The zero-order chi connectivity index (χ0) is 12.0. The Morgan fingerprint density at radius 1 is 1.62 bits per heavy atom. The molecule has 4 nitrogen and oxygen atoms in total. The van der Waals surface area contributed by atoms with Crippen molar-refractivity contribution in [2.45, 2.75) is 26.7 Å². The Labute approximate surface area is 105 Å². The topological polar surface area (TPSA) is 54.9 Å². The number of aromatic nitrogens is 2. The van der Waals surface area contributed by atoms with Gasteiger partial charge in [0.25, 0.3) is 5.91 Å². The number of amides is 1. The number of halogens is 1. The summed E-state index contributed by atoms with van der Waals surface area (Å²) in [7, 11) is 0. The number of hydrogen-bond acceptors (Lipinski definition) is 4. The van der Waals surface area contributed by atoms with E-state index in [1.807, 2.05) is 6.92 Å². The molecule has 1 N–H and O–H groups in total. The van der Waals surface area contributed by atoms with Gasteiger partial charge in [-0.2, -0.15) is 0 Å². The van der Waals surface area contributed by atoms with Crippen molar-refractivity contribution in [2.24, 2.45) is 5.92 Å². The number of hydrogen-bond donors (Lipinski definition) is 1. The van der Waals surface area contributed by atoms with Crippen LogP contribution in [-0.4, -0.2) is 27.9 Å². The van der Waals surface area contributed by atoms with E-state index in [1.165, 1.54) is 0 Å². The molecule has 0 aliphatic heterocycles. The standard InChI is InChI=1S/C10H16ClN3OS/c1-3-4-8-9(16-14-13-8)10(15)12-6-7(2)5-11/h7H,3-6H2,1-2H3,(H,12,15). The molecule has 1 heterocycles. The Bertz CT molecular complexity index is 343. The monoisotopic (exact) mass is 261 g/mol. The lowest BCUT2D eigenvalue weighted by molar-refractivity contribution is 0.0952. The summed E-state index contributed by atoms with van der Waals surface area (Å²) in [5.41, 5.74) is 0.795. The first-order valence-electron chi connectivity index (χ1n) is 5.34. The zero-order valence-electron chi connectivity index (χ0n) is 9.49. The third kappa shape index (κ3) is 3.72. The van der Waals surface area contributed by atoms with Crippen LogP contribution < -0.4 is 5.32 Å². The van der Waals surface area contributed by atoms with Crippen LogP contribution in [0.1, 0.15) is 35.6 Å². The minimum Gasteiger partial charge on any atom is -0.351 e. The van der Waals surface area contributed by atoms with Crippen LogP contribution >= 0.6 is 23.1 Å². The van der Waals surface area contributed by atoms with E-state index in [2.05, 4.69) is 21.8 Å². The molecule has 1 aromatic rings. The number of alkyl halides is 1. The molecule has 0 aliphatic rings. The van der Waals surface area contributed by atoms with E-state index < -0.39 is 0 Å². The number of nitrogens with one attached hydrogen (secondary N) is 1. The largest absolute Gasteiger partial charge is 0.351 e. The molecule has 0 radical (unpaired) electrons. The third-order valence-corrected chi connectivity index (χ3v) is 3.42. The number of carbonyl (C=O) groups is 1. The van der Waals surface area contributed by atoms with E-state index in [1.54, 1.807) is 0 Å². The predicted octanol–water partition coefficient (Wildman–Crippen LogP) is 2.10. The molecule has 0 saturated carbocycles. The van der Waals surface area contributed by atoms with E-state index in [9.17, 15) is 4.79 Å². The molecule has 1 atom stereocenters. The fraction of sp³-hybridized carbons (Fsp3) is 0.700. The average Bonchev–Trinajstić information content (AvgIpc) is 2.74. The van der Waals surface area contributed by atoms with Crippen molar-refractivity contribution in [1.29, 1.82) is 0 Å². The van der Waals surface area contributed by atoms with Crippen molar-refractivity contribution in [1.82, 2.24) is 14.9 Å². The van der Waals surface area contributed by atoms with Crippen LogP contribution in [0.25, 0.3) is 0 Å². The lowest BCUT2D eigenvalue weighted by Gasteiger charge is -2.08. The molecule has 0 bridgehead atoms. The Kier molecular flexibility index (Phi) is 5.69. The molecule has 0 fully saturated rings. The second-order valence-corrected chi connectivity index (χ2v) is 4.83. The van der Waals surface area contributed by atoms with Gasteiger partial charge in [-0.1, -0.05) is 24.8 Å². The van der Waals surface area contributed by atoms with E-state index in [0.717, 1.165) is 30.1 Å². The normalized spacial score (nSPS) is 12.4. The van der Waals surface area contributed by atoms with Gasteiger partial charge < -0.3 is 5.32 Å². The van der Waals surface area contributed by atoms with Crippen LogP contribution in [0.3, 0.4) is 0 Å². The Morgan fingerprint density at radius 3 is 3.00 bits per heavy atom. The van der Waals surface area contributed by atoms with Gasteiger partial charge >= 0.3 is 0 Å². The summed E-state index contributed by atoms with van der Waals surface area (Å²) in [6, 6.07) is 0. The summed E-state index contributed by atoms with van der Waals surface area (Å²) in [6.45, 7) is 4.63. The van der Waals surface area contributed by atoms with Crippen LogP contribution in [0.2, 0.25) is 0 Å². The molecule has 6 heteroatoms. The Morgan fingerprint density at radius 2 is 2.38 bits per heavy atom. The van der Waals surface area contributed by atoms with Crippen LogP contribution in [0, 0.1) is 5.92 Å². The molecule has 0 aliphatic carbocycles. The number of rotatable bonds is 6. The van der Waals surface area contributed by atoms with Crippen molar-refractivity contribution in [2.75, 3.05) is 12.4 Å². The summed E-state index contributed by atoms with van der Waals surface area (Å²) in [5, 5.41) is 6.80. The first kappa shape index (κ1) is 13.4.